The third-order valence-electron chi connectivity index (χ3n) is 9.88. The number of thiocarbonyl (C=S) groups is 1. The van der Waals surface area contributed by atoms with Crippen LogP contribution in [0.15, 0.2) is 94.6 Å². The molecule has 314 valence electrons. The van der Waals surface area contributed by atoms with E-state index < -0.39 is 43.8 Å². The van der Waals surface area contributed by atoms with Crippen molar-refractivity contribution in [1.82, 2.24) is 14.2 Å². The molecule has 4 atom stereocenters. The molecule has 5 rings (SSSR count). The van der Waals surface area contributed by atoms with Gasteiger partial charge in [0.1, 0.15) is 36.0 Å². The molecule has 1 aliphatic rings. The van der Waals surface area contributed by atoms with Crippen molar-refractivity contribution in [3.63, 3.8) is 0 Å². The van der Waals surface area contributed by atoms with Crippen molar-refractivity contribution in [3.05, 3.63) is 128 Å². The average molecular weight is 836 g/mol. The van der Waals surface area contributed by atoms with Gasteiger partial charge >= 0.3 is 5.69 Å². The minimum atomic E-state index is -1.69. The fourth-order valence-corrected chi connectivity index (χ4v) is 8.75. The van der Waals surface area contributed by atoms with Crippen LogP contribution in [0.5, 0.6) is 11.5 Å². The lowest BCUT2D eigenvalue weighted by atomic mass is 9.80. The molecule has 0 spiro atoms. The smallest absolute Gasteiger partial charge is 0.330 e. The molecular formula is C44H58N3O9PS. The second-order valence-corrected chi connectivity index (χ2v) is 17.6. The Morgan fingerprint density at radius 3 is 1.95 bits per heavy atom. The van der Waals surface area contributed by atoms with Gasteiger partial charge < -0.3 is 32.7 Å². The predicted molar refractivity (Wildman–Crippen MR) is 231 cm³/mol. The molecule has 0 aliphatic carbocycles. The van der Waals surface area contributed by atoms with Crippen LogP contribution in [-0.2, 0) is 28.9 Å². The maximum atomic E-state index is 13.3. The van der Waals surface area contributed by atoms with E-state index in [1.807, 2.05) is 99.6 Å². The van der Waals surface area contributed by atoms with Crippen molar-refractivity contribution in [3.8, 4) is 11.5 Å². The summed E-state index contributed by atoms with van der Waals surface area (Å²) in [4.78, 5) is 28.1. The van der Waals surface area contributed by atoms with E-state index >= 15 is 0 Å². The van der Waals surface area contributed by atoms with Gasteiger partial charge in [-0.05, 0) is 87.8 Å². The first-order valence-corrected chi connectivity index (χ1v) is 21.1. The molecule has 0 bridgehead atoms. The highest BCUT2D eigenvalue weighted by atomic mass is 32.1. The topological polar surface area (TPSA) is 123 Å². The maximum Gasteiger partial charge on any atom is 0.330 e. The van der Waals surface area contributed by atoms with E-state index in [0.29, 0.717) is 22.1 Å². The molecule has 1 unspecified atom stereocenters. The van der Waals surface area contributed by atoms with Gasteiger partial charge in [-0.3, -0.25) is 14.3 Å². The first kappa shape index (κ1) is 45.1. The molecule has 1 saturated heterocycles. The largest absolute Gasteiger partial charge is 0.497 e. The molecule has 2 heterocycles. The zero-order chi connectivity index (χ0) is 42.2. The van der Waals surface area contributed by atoms with Gasteiger partial charge in [-0.2, -0.15) is 0 Å². The normalized spacial score (nSPS) is 17.8. The highest BCUT2D eigenvalue weighted by Crippen LogP contribution is 2.50. The summed E-state index contributed by atoms with van der Waals surface area (Å²) in [5, 5.41) is 0.507. The first-order chi connectivity index (χ1) is 27.6. The molecule has 58 heavy (non-hydrogen) atoms. The molecule has 0 radical (unpaired) electrons. The molecule has 1 aliphatic heterocycles. The number of nitrogens with zero attached hydrogens (tertiary/aromatic N) is 2. The number of aromatic amines is 1. The number of nitrogens with one attached hydrogen (secondary N) is 1. The lowest BCUT2D eigenvalue weighted by Crippen LogP contribution is -2.40. The van der Waals surface area contributed by atoms with Crippen molar-refractivity contribution < 1.29 is 32.7 Å². The van der Waals surface area contributed by atoms with Crippen molar-refractivity contribution in [2.45, 2.75) is 97.9 Å². The van der Waals surface area contributed by atoms with Gasteiger partial charge in [-0.25, -0.2) is 9.46 Å². The van der Waals surface area contributed by atoms with Crippen LogP contribution in [0.25, 0.3) is 0 Å². The molecule has 0 amide bonds. The van der Waals surface area contributed by atoms with Crippen LogP contribution in [-0.4, -0.2) is 77.6 Å². The summed E-state index contributed by atoms with van der Waals surface area (Å²) in [6.07, 6.45) is -0.265. The van der Waals surface area contributed by atoms with Crippen LogP contribution in [0.2, 0.25) is 0 Å². The molecule has 12 nitrogen and oxygen atoms in total. The van der Waals surface area contributed by atoms with Crippen LogP contribution in [0.3, 0.4) is 0 Å². The maximum absolute atomic E-state index is 13.3. The number of H-pyrrole nitrogens is 1. The predicted octanol–water partition coefficient (Wildman–Crippen LogP) is 8.30. The average Bonchev–Trinajstić information content (AvgIpc) is 3.60. The van der Waals surface area contributed by atoms with Gasteiger partial charge in [0, 0.05) is 35.7 Å². The SMILES string of the molecule is COc1ccc(C(OC[C@H]2O[C@@H](n3cc(C)c(=O)[nH]c3=O)C[C@H]2OP(OCCOC(=S)C(C)(C)C)N(C(C)C)C(C)C)(c2ccccc2)c2ccc(OC)cc2)cc1. The number of rotatable bonds is 18. The van der Waals surface area contributed by atoms with Gasteiger partial charge in [-0.1, -0.05) is 75.4 Å². The summed E-state index contributed by atoms with van der Waals surface area (Å²) in [6.45, 7) is 16.6. The minimum Gasteiger partial charge on any atom is -0.497 e. The molecule has 1 fully saturated rings. The molecule has 1 N–H and O–H groups in total. The third-order valence-corrected chi connectivity index (χ3v) is 12.8. The summed E-state index contributed by atoms with van der Waals surface area (Å²) in [5.41, 5.74) is 0.528. The van der Waals surface area contributed by atoms with E-state index in [9.17, 15) is 9.59 Å². The zero-order valence-electron chi connectivity index (χ0n) is 35.2. The van der Waals surface area contributed by atoms with Crippen LogP contribution in [0.4, 0.5) is 0 Å². The van der Waals surface area contributed by atoms with Gasteiger partial charge in [0.2, 0.25) is 0 Å². The standard InChI is InChI=1S/C44H58N3O9PS/c1-29(2)47(30(3)4)57(54-25-24-52-41(58)43(6,7)8)56-37-26-39(46-27-31(5)40(48)45-42(46)49)55-38(37)28-53-44(32-14-12-11-13-15-32,33-16-20-35(50-9)21-17-33)34-18-22-36(51-10)23-19-34/h11-23,27,29-30,37-39H,24-26,28H2,1-10H3,(H,45,48,49)/t37-,38-,39-,57?/m1/s1. The van der Waals surface area contributed by atoms with E-state index in [2.05, 4.69) is 37.3 Å². The number of methoxy groups -OCH3 is 2. The summed E-state index contributed by atoms with van der Waals surface area (Å²) < 4.78 is 48.2. The Labute approximate surface area is 348 Å². The Bertz CT molecular complexity index is 1990. The number of ether oxygens (including phenoxy) is 5. The third kappa shape index (κ3) is 10.6. The van der Waals surface area contributed by atoms with Crippen molar-refractivity contribution in [2.24, 2.45) is 5.41 Å². The highest BCUT2D eigenvalue weighted by Gasteiger charge is 2.45. The summed E-state index contributed by atoms with van der Waals surface area (Å²) in [6, 6.07) is 25.7. The van der Waals surface area contributed by atoms with Crippen molar-refractivity contribution in [2.75, 3.05) is 34.0 Å². The molecule has 0 saturated carbocycles. The number of hydrogen-bond acceptors (Lipinski definition) is 11. The summed E-state index contributed by atoms with van der Waals surface area (Å²) >= 11 is 5.51. The fourth-order valence-electron chi connectivity index (χ4n) is 6.92. The first-order valence-electron chi connectivity index (χ1n) is 19.6. The van der Waals surface area contributed by atoms with E-state index in [4.69, 9.17) is 44.9 Å². The molecule has 14 heteroatoms. The number of aryl methyl sites for hydroxylation is 1. The quantitative estimate of drug-likeness (QED) is 0.0451. The number of aromatic nitrogens is 2. The molecular weight excluding hydrogens is 778 g/mol. The number of benzene rings is 3. The van der Waals surface area contributed by atoms with E-state index in [1.54, 1.807) is 21.1 Å². The van der Waals surface area contributed by atoms with E-state index in [1.165, 1.54) is 10.8 Å². The lowest BCUT2D eigenvalue weighted by Gasteiger charge is -2.39. The zero-order valence-corrected chi connectivity index (χ0v) is 36.9. The fraction of sp³-hybridized carbons (Fsp3) is 0.477. The number of hydrogen-bond donors (Lipinski definition) is 1. The van der Waals surface area contributed by atoms with Crippen LogP contribution < -0.4 is 20.7 Å². The van der Waals surface area contributed by atoms with Crippen LogP contribution in [0, 0.1) is 12.3 Å². The summed E-state index contributed by atoms with van der Waals surface area (Å²) in [5.74, 6) is 1.41. The summed E-state index contributed by atoms with van der Waals surface area (Å²) in [7, 11) is 1.58. The molecule has 1 aromatic heterocycles. The Balaban J connectivity index is 1.57. The van der Waals surface area contributed by atoms with Gasteiger partial charge in [-0.15, -0.1) is 0 Å². The second kappa shape index (κ2) is 19.9. The van der Waals surface area contributed by atoms with Crippen LogP contribution >= 0.6 is 20.7 Å². The molecule has 3 aromatic carbocycles. The van der Waals surface area contributed by atoms with E-state index in [0.717, 1.165) is 16.7 Å². The Morgan fingerprint density at radius 1 is 0.879 bits per heavy atom. The Morgan fingerprint density at radius 2 is 1.43 bits per heavy atom. The van der Waals surface area contributed by atoms with Gasteiger partial charge in [0.15, 0.2) is 5.05 Å². The van der Waals surface area contributed by atoms with Gasteiger partial charge in [0.25, 0.3) is 14.1 Å². The second-order valence-electron chi connectivity index (χ2n) is 15.8. The monoisotopic (exact) mass is 835 g/mol. The van der Waals surface area contributed by atoms with Crippen LogP contribution in [0.1, 0.15) is 83.4 Å². The van der Waals surface area contributed by atoms with E-state index in [-0.39, 0.29) is 43.7 Å². The minimum absolute atomic E-state index is 0.0424. The van der Waals surface area contributed by atoms with Gasteiger partial charge in [0.05, 0.1) is 33.5 Å². The Kier molecular flexibility index (Phi) is 15.5. The highest BCUT2D eigenvalue weighted by molar-refractivity contribution is 7.80. The van der Waals surface area contributed by atoms with Crippen molar-refractivity contribution in [1.29, 1.82) is 0 Å². The Hall–Kier alpha value is -3.94. The molecule has 4 aromatic rings. The van der Waals surface area contributed by atoms with Crippen molar-refractivity contribution >= 4 is 25.8 Å². The lowest BCUT2D eigenvalue weighted by molar-refractivity contribution is -0.0926.